The lowest BCUT2D eigenvalue weighted by Gasteiger charge is -2.47. The summed E-state index contributed by atoms with van der Waals surface area (Å²) in [5, 5.41) is 83.9. The summed E-state index contributed by atoms with van der Waals surface area (Å²) in [7, 11) is 1.71. The topological polar surface area (TPSA) is 238 Å². The Balaban J connectivity index is 1.40. The van der Waals surface area contributed by atoms with Crippen LogP contribution in [0.1, 0.15) is 26.3 Å². The minimum atomic E-state index is -1.84. The van der Waals surface area contributed by atoms with Gasteiger partial charge in [0.15, 0.2) is 12.6 Å². The highest BCUT2D eigenvalue weighted by Gasteiger charge is 2.53. The largest absolute Gasteiger partial charge is 0.462 e. The maximum atomic E-state index is 11.4. The number of benzene rings is 1. The zero-order valence-corrected chi connectivity index (χ0v) is 25.5. The molecule has 0 bridgehead atoms. The van der Waals surface area contributed by atoms with Crippen LogP contribution in [-0.2, 0) is 34.9 Å². The lowest BCUT2D eigenvalue weighted by Crippen LogP contribution is -2.66. The van der Waals surface area contributed by atoms with Gasteiger partial charge in [-0.1, -0.05) is 12.1 Å². The fraction of sp³-hybridized carbons (Fsp3) is 0.759. The van der Waals surface area contributed by atoms with Gasteiger partial charge in [0.25, 0.3) is 0 Å². The summed E-state index contributed by atoms with van der Waals surface area (Å²) in [6.07, 6.45) is -21.4. The summed E-state index contributed by atoms with van der Waals surface area (Å²) < 4.78 is 33.9. The summed E-state index contributed by atoms with van der Waals surface area (Å²) >= 11 is 0. The highest BCUT2D eigenvalue weighted by Crippen LogP contribution is 2.33. The van der Waals surface area contributed by atoms with E-state index in [0.29, 0.717) is 18.7 Å². The molecule has 3 aliphatic heterocycles. The maximum Gasteiger partial charge on any atom is 0.229 e. The molecule has 8 N–H and O–H groups in total. The van der Waals surface area contributed by atoms with Crippen LogP contribution in [-0.4, -0.2) is 164 Å². The van der Waals surface area contributed by atoms with Gasteiger partial charge in [-0.2, -0.15) is 0 Å². The first kappa shape index (κ1) is 35.8. The average Bonchev–Trinajstić information content (AvgIpc) is 3.01. The van der Waals surface area contributed by atoms with Gasteiger partial charge < -0.3 is 74.2 Å². The first-order valence-electron chi connectivity index (χ1n) is 14.8. The van der Waals surface area contributed by atoms with Crippen molar-refractivity contribution in [2.75, 3.05) is 20.2 Å². The van der Waals surface area contributed by atoms with Crippen LogP contribution in [0.4, 0.5) is 0 Å². The number of hydrogen-bond acceptors (Lipinski definition) is 15. The Labute approximate surface area is 260 Å². The van der Waals surface area contributed by atoms with Crippen molar-refractivity contribution in [2.24, 2.45) is 0 Å². The number of aliphatic hydroxyl groups is 8. The number of carbonyl (C=O) groups excluding carboxylic acids is 1. The Hall–Kier alpha value is -2.03. The van der Waals surface area contributed by atoms with Crippen LogP contribution in [0.3, 0.4) is 0 Å². The van der Waals surface area contributed by atoms with Crippen molar-refractivity contribution in [3.8, 4) is 5.75 Å². The molecule has 16 heteroatoms. The first-order chi connectivity index (χ1) is 21.2. The molecule has 45 heavy (non-hydrogen) atoms. The fourth-order valence-corrected chi connectivity index (χ4v) is 5.35. The maximum absolute atomic E-state index is 11.4. The van der Waals surface area contributed by atoms with Gasteiger partial charge in [-0.05, 0) is 38.0 Å². The molecule has 3 heterocycles. The molecule has 1 aromatic carbocycles. The van der Waals surface area contributed by atoms with Crippen molar-refractivity contribution in [3.05, 3.63) is 29.8 Å². The smallest absolute Gasteiger partial charge is 0.229 e. The zero-order valence-electron chi connectivity index (χ0n) is 25.5. The molecule has 3 fully saturated rings. The summed E-state index contributed by atoms with van der Waals surface area (Å²) in [6.45, 7) is 4.22. The second kappa shape index (κ2) is 15.2. The zero-order chi connectivity index (χ0) is 33.2. The van der Waals surface area contributed by atoms with E-state index in [1.807, 2.05) is 0 Å². The van der Waals surface area contributed by atoms with Crippen LogP contribution >= 0.6 is 0 Å². The molecule has 15 atom stereocenters. The van der Waals surface area contributed by atoms with Crippen LogP contribution in [0, 0.1) is 0 Å². The van der Waals surface area contributed by atoms with Gasteiger partial charge in [-0.15, -0.1) is 0 Å². The third-order valence-electron chi connectivity index (χ3n) is 8.44. The van der Waals surface area contributed by atoms with Crippen molar-refractivity contribution in [2.45, 2.75) is 119 Å². The van der Waals surface area contributed by atoms with Crippen molar-refractivity contribution in [1.82, 2.24) is 4.90 Å². The van der Waals surface area contributed by atoms with E-state index < -0.39 is 98.7 Å². The summed E-state index contributed by atoms with van der Waals surface area (Å²) in [5.41, 5.74) is 0.945. The Bertz CT molecular complexity index is 1090. The molecule has 16 nitrogen and oxygen atoms in total. The molecule has 1 amide bonds. The van der Waals surface area contributed by atoms with E-state index in [1.54, 1.807) is 36.2 Å². The molecule has 0 aliphatic carbocycles. The number of ether oxygens (including phenoxy) is 6. The van der Waals surface area contributed by atoms with Gasteiger partial charge in [-0.3, -0.25) is 4.79 Å². The van der Waals surface area contributed by atoms with Crippen LogP contribution < -0.4 is 4.74 Å². The number of amides is 1. The number of nitrogens with zero attached hydrogens (tertiary/aromatic N) is 1. The molecule has 1 aromatic rings. The molecule has 3 saturated heterocycles. The quantitative estimate of drug-likeness (QED) is 0.123. The van der Waals surface area contributed by atoms with E-state index in [9.17, 15) is 45.6 Å². The number of aliphatic hydroxyl groups excluding tert-OH is 8. The van der Waals surface area contributed by atoms with Gasteiger partial charge >= 0.3 is 0 Å². The second-order valence-electron chi connectivity index (χ2n) is 11.7. The molecule has 0 spiro atoms. The van der Waals surface area contributed by atoms with Crippen molar-refractivity contribution >= 4 is 5.91 Å². The monoisotopic (exact) mass is 647 g/mol. The SMILES string of the molecule is CC(=O)N(C)CCc1ccc(O[C@@H]2O[C@@H](C)[C@H](O)[C@@H](O[C@@H]3O[C@H](CO)[C@@H](O[C@@H]4O[C@@H](C)[C@H](O)[C@@H](O)[C@H]4O)[C@H](O)[C@H]3O)[C@H]2O)cc1. The van der Waals surface area contributed by atoms with Crippen LogP contribution in [0.2, 0.25) is 0 Å². The molecular formula is C29H45NO15. The predicted octanol–water partition coefficient (Wildman–Crippen LogP) is -3.41. The van der Waals surface area contributed by atoms with Crippen molar-refractivity contribution < 1.29 is 74.1 Å². The standard InChI is InChI=1S/C29H45NO15/c1-12-18(33)20(35)22(37)27(40-12)44-25-17(11-31)43-28(23(38)21(25)36)45-26-19(34)13(2)41-29(24(26)39)42-16-7-5-15(6-8-16)9-10-30(4)14(3)32/h5-8,12-13,17-29,31,33-39H,9-11H2,1-4H3/t12-,13-,17+,18-,19-,20+,21+,22+,23+,24+,25+,26+,27-,28-,29-/m0/s1. The third kappa shape index (κ3) is 8.10. The summed E-state index contributed by atoms with van der Waals surface area (Å²) in [4.78, 5) is 13.0. The Morgan fingerprint density at radius 1 is 0.733 bits per heavy atom. The van der Waals surface area contributed by atoms with Gasteiger partial charge in [0.05, 0.1) is 18.8 Å². The molecule has 0 unspecified atom stereocenters. The van der Waals surface area contributed by atoms with E-state index in [1.165, 1.54) is 20.8 Å². The normalized spacial score (nSPS) is 42.3. The number of hydrogen-bond donors (Lipinski definition) is 8. The highest BCUT2D eigenvalue weighted by molar-refractivity contribution is 5.72. The van der Waals surface area contributed by atoms with Crippen molar-refractivity contribution in [3.63, 3.8) is 0 Å². The van der Waals surface area contributed by atoms with Crippen LogP contribution in [0.25, 0.3) is 0 Å². The Morgan fingerprint density at radius 2 is 1.29 bits per heavy atom. The van der Waals surface area contributed by atoms with Crippen LogP contribution in [0.15, 0.2) is 24.3 Å². The van der Waals surface area contributed by atoms with E-state index >= 15 is 0 Å². The third-order valence-corrected chi connectivity index (χ3v) is 8.44. The molecule has 0 aromatic heterocycles. The molecular weight excluding hydrogens is 602 g/mol. The van der Waals surface area contributed by atoms with Gasteiger partial charge in [0.1, 0.15) is 66.8 Å². The Morgan fingerprint density at radius 3 is 1.91 bits per heavy atom. The Kier molecular flexibility index (Phi) is 12.1. The number of rotatable bonds is 10. The van der Waals surface area contributed by atoms with Gasteiger partial charge in [-0.25, -0.2) is 0 Å². The van der Waals surface area contributed by atoms with E-state index in [-0.39, 0.29) is 5.91 Å². The number of carbonyl (C=O) groups is 1. The average molecular weight is 648 g/mol. The molecule has 0 radical (unpaired) electrons. The van der Waals surface area contributed by atoms with E-state index in [0.717, 1.165) is 5.56 Å². The van der Waals surface area contributed by atoms with Gasteiger partial charge in [0, 0.05) is 20.5 Å². The molecule has 3 aliphatic rings. The number of likely N-dealkylation sites (N-methyl/N-ethyl adjacent to an activating group) is 1. The predicted molar refractivity (Wildman–Crippen MR) is 150 cm³/mol. The highest BCUT2D eigenvalue weighted by atomic mass is 16.8. The van der Waals surface area contributed by atoms with Crippen molar-refractivity contribution in [1.29, 1.82) is 0 Å². The van der Waals surface area contributed by atoms with Crippen LogP contribution in [0.5, 0.6) is 5.75 Å². The van der Waals surface area contributed by atoms with E-state index in [2.05, 4.69) is 0 Å². The lowest BCUT2D eigenvalue weighted by molar-refractivity contribution is -0.374. The minimum Gasteiger partial charge on any atom is -0.462 e. The molecule has 256 valence electrons. The second-order valence-corrected chi connectivity index (χ2v) is 11.7. The minimum absolute atomic E-state index is 0.0435. The summed E-state index contributed by atoms with van der Waals surface area (Å²) in [5.74, 6) is 0.298. The lowest BCUT2D eigenvalue weighted by atomic mass is 9.96. The molecule has 0 saturated carbocycles. The fourth-order valence-electron chi connectivity index (χ4n) is 5.35. The summed E-state index contributed by atoms with van der Waals surface area (Å²) in [6, 6.07) is 6.92. The van der Waals surface area contributed by atoms with Gasteiger partial charge in [0.2, 0.25) is 12.2 Å². The first-order valence-corrected chi connectivity index (χ1v) is 14.8. The molecule has 4 rings (SSSR count). The van der Waals surface area contributed by atoms with E-state index in [4.69, 9.17) is 28.4 Å².